The van der Waals surface area contributed by atoms with Crippen LogP contribution < -0.4 is 15.8 Å². The van der Waals surface area contributed by atoms with E-state index in [0.717, 1.165) is 12.0 Å². The van der Waals surface area contributed by atoms with Crippen molar-refractivity contribution >= 4 is 5.91 Å². The molecule has 3 N–H and O–H groups in total. The summed E-state index contributed by atoms with van der Waals surface area (Å²) in [6, 6.07) is 3.21. The summed E-state index contributed by atoms with van der Waals surface area (Å²) in [5.41, 5.74) is 6.13. The first-order valence-electron chi connectivity index (χ1n) is 5.63. The van der Waals surface area contributed by atoms with Gasteiger partial charge in [-0.1, -0.05) is 13.0 Å². The Bertz CT molecular complexity index is 365. The molecule has 2 unspecified atom stereocenters. The zero-order valence-electron chi connectivity index (χ0n) is 10.4. The van der Waals surface area contributed by atoms with E-state index in [1.807, 2.05) is 13.8 Å². The van der Waals surface area contributed by atoms with E-state index >= 15 is 0 Å². The summed E-state index contributed by atoms with van der Waals surface area (Å²) in [6.07, 6.45) is 2.52. The fourth-order valence-electron chi connectivity index (χ4n) is 1.43. The third-order valence-corrected chi connectivity index (χ3v) is 2.65. The van der Waals surface area contributed by atoms with Crippen molar-refractivity contribution in [2.24, 2.45) is 5.73 Å². The zero-order chi connectivity index (χ0) is 12.8. The Morgan fingerprint density at radius 1 is 1.59 bits per heavy atom. The van der Waals surface area contributed by atoms with Crippen LogP contribution in [0.4, 0.5) is 0 Å². The SMILES string of the molecule is CCC(C)NC(C(N)=O)c1ccc(OC)nc1. The van der Waals surface area contributed by atoms with E-state index in [0.29, 0.717) is 5.88 Å². The summed E-state index contributed by atoms with van der Waals surface area (Å²) in [5.74, 6) is 0.109. The van der Waals surface area contributed by atoms with Crippen LogP contribution in [-0.2, 0) is 4.79 Å². The Labute approximate surface area is 101 Å². The molecule has 17 heavy (non-hydrogen) atoms. The Morgan fingerprint density at radius 3 is 2.71 bits per heavy atom. The molecular weight excluding hydrogens is 218 g/mol. The van der Waals surface area contributed by atoms with Crippen LogP contribution in [0.25, 0.3) is 0 Å². The van der Waals surface area contributed by atoms with Crippen molar-refractivity contribution in [3.63, 3.8) is 0 Å². The van der Waals surface area contributed by atoms with Gasteiger partial charge in [0.15, 0.2) is 0 Å². The first-order chi connectivity index (χ1) is 8.08. The van der Waals surface area contributed by atoms with Gasteiger partial charge in [0.2, 0.25) is 11.8 Å². The van der Waals surface area contributed by atoms with Gasteiger partial charge in [0.1, 0.15) is 6.04 Å². The molecule has 2 atom stereocenters. The second kappa shape index (κ2) is 6.20. The molecule has 0 aromatic carbocycles. The fourth-order valence-corrected chi connectivity index (χ4v) is 1.43. The van der Waals surface area contributed by atoms with Crippen molar-refractivity contribution in [2.45, 2.75) is 32.4 Å². The number of rotatable bonds is 6. The number of methoxy groups -OCH3 is 1. The summed E-state index contributed by atoms with van der Waals surface area (Å²) in [5, 5.41) is 3.16. The molecule has 1 aromatic rings. The normalized spacial score (nSPS) is 14.1. The van der Waals surface area contributed by atoms with E-state index < -0.39 is 11.9 Å². The van der Waals surface area contributed by atoms with Gasteiger partial charge in [0.25, 0.3) is 0 Å². The quantitative estimate of drug-likeness (QED) is 0.774. The molecule has 5 nitrogen and oxygen atoms in total. The zero-order valence-corrected chi connectivity index (χ0v) is 10.4. The molecule has 1 amide bonds. The van der Waals surface area contributed by atoms with Crippen LogP contribution >= 0.6 is 0 Å². The minimum atomic E-state index is -0.511. The highest BCUT2D eigenvalue weighted by Gasteiger charge is 2.19. The number of carbonyl (C=O) groups excluding carboxylic acids is 1. The van der Waals surface area contributed by atoms with Crippen LogP contribution in [0.1, 0.15) is 31.9 Å². The molecular formula is C12H19N3O2. The van der Waals surface area contributed by atoms with Crippen molar-refractivity contribution in [3.05, 3.63) is 23.9 Å². The average Bonchev–Trinajstić information content (AvgIpc) is 2.35. The van der Waals surface area contributed by atoms with Gasteiger partial charge in [0.05, 0.1) is 7.11 Å². The molecule has 1 aromatic heterocycles. The molecule has 1 rings (SSSR count). The average molecular weight is 237 g/mol. The maximum atomic E-state index is 11.4. The van der Waals surface area contributed by atoms with Crippen LogP contribution in [-0.4, -0.2) is 24.0 Å². The van der Waals surface area contributed by atoms with Crippen molar-refractivity contribution in [3.8, 4) is 5.88 Å². The number of carbonyl (C=O) groups is 1. The van der Waals surface area contributed by atoms with E-state index in [-0.39, 0.29) is 6.04 Å². The van der Waals surface area contributed by atoms with Crippen molar-refractivity contribution in [1.82, 2.24) is 10.3 Å². The Hall–Kier alpha value is -1.62. The second-order valence-electron chi connectivity index (χ2n) is 3.95. The van der Waals surface area contributed by atoms with E-state index in [1.54, 1.807) is 25.4 Å². The predicted molar refractivity (Wildman–Crippen MR) is 65.6 cm³/mol. The summed E-state index contributed by atoms with van der Waals surface area (Å²) in [7, 11) is 1.55. The van der Waals surface area contributed by atoms with Gasteiger partial charge in [-0.2, -0.15) is 0 Å². The van der Waals surface area contributed by atoms with E-state index in [9.17, 15) is 4.79 Å². The molecule has 1 heterocycles. The number of nitrogens with two attached hydrogens (primary N) is 1. The van der Waals surface area contributed by atoms with Crippen LogP contribution in [0, 0.1) is 0 Å². The maximum absolute atomic E-state index is 11.4. The highest BCUT2D eigenvalue weighted by atomic mass is 16.5. The smallest absolute Gasteiger partial charge is 0.239 e. The van der Waals surface area contributed by atoms with Gasteiger partial charge in [-0.15, -0.1) is 0 Å². The topological polar surface area (TPSA) is 77.2 Å². The Morgan fingerprint density at radius 2 is 2.29 bits per heavy atom. The van der Waals surface area contributed by atoms with Crippen LogP contribution in [0.2, 0.25) is 0 Å². The molecule has 0 aliphatic heterocycles. The first-order valence-corrected chi connectivity index (χ1v) is 5.63. The molecule has 0 fully saturated rings. The molecule has 0 aliphatic carbocycles. The lowest BCUT2D eigenvalue weighted by molar-refractivity contribution is -0.120. The lowest BCUT2D eigenvalue weighted by Crippen LogP contribution is -2.38. The number of pyridine rings is 1. The largest absolute Gasteiger partial charge is 0.481 e. The molecule has 0 aliphatic rings. The Kier molecular flexibility index (Phi) is 4.90. The number of amides is 1. The van der Waals surface area contributed by atoms with Gasteiger partial charge in [0, 0.05) is 18.3 Å². The molecule has 5 heteroatoms. The minimum absolute atomic E-state index is 0.217. The van der Waals surface area contributed by atoms with Gasteiger partial charge < -0.3 is 10.5 Å². The van der Waals surface area contributed by atoms with Crippen molar-refractivity contribution in [2.75, 3.05) is 7.11 Å². The predicted octanol–water partition coefficient (Wildman–Crippen LogP) is 1.00. The number of primary amides is 1. The summed E-state index contributed by atoms with van der Waals surface area (Å²) < 4.78 is 4.96. The summed E-state index contributed by atoms with van der Waals surface area (Å²) in [4.78, 5) is 15.5. The van der Waals surface area contributed by atoms with Gasteiger partial charge in [-0.05, 0) is 18.9 Å². The van der Waals surface area contributed by atoms with E-state index in [4.69, 9.17) is 10.5 Å². The van der Waals surface area contributed by atoms with Crippen LogP contribution in [0.3, 0.4) is 0 Å². The monoisotopic (exact) mass is 237 g/mol. The molecule has 0 radical (unpaired) electrons. The van der Waals surface area contributed by atoms with E-state index in [1.165, 1.54) is 0 Å². The highest BCUT2D eigenvalue weighted by molar-refractivity contribution is 5.81. The third kappa shape index (κ3) is 3.71. The molecule has 0 saturated heterocycles. The maximum Gasteiger partial charge on any atom is 0.239 e. The number of aromatic nitrogens is 1. The molecule has 94 valence electrons. The van der Waals surface area contributed by atoms with E-state index in [2.05, 4.69) is 10.3 Å². The minimum Gasteiger partial charge on any atom is -0.481 e. The highest BCUT2D eigenvalue weighted by Crippen LogP contribution is 2.15. The van der Waals surface area contributed by atoms with Gasteiger partial charge >= 0.3 is 0 Å². The lowest BCUT2D eigenvalue weighted by atomic mass is 10.1. The number of nitrogens with zero attached hydrogens (tertiary/aromatic N) is 1. The third-order valence-electron chi connectivity index (χ3n) is 2.65. The van der Waals surface area contributed by atoms with Crippen LogP contribution in [0.15, 0.2) is 18.3 Å². The number of nitrogens with one attached hydrogen (secondary N) is 1. The number of hydrogen-bond donors (Lipinski definition) is 2. The molecule has 0 saturated carbocycles. The van der Waals surface area contributed by atoms with Crippen LogP contribution in [0.5, 0.6) is 5.88 Å². The Balaban J connectivity index is 2.85. The first kappa shape index (κ1) is 13.4. The molecule has 0 bridgehead atoms. The molecule has 0 spiro atoms. The fraction of sp³-hybridized carbons (Fsp3) is 0.500. The van der Waals surface area contributed by atoms with Gasteiger partial charge in [-0.3, -0.25) is 10.1 Å². The number of ether oxygens (including phenoxy) is 1. The number of hydrogen-bond acceptors (Lipinski definition) is 4. The lowest BCUT2D eigenvalue weighted by Gasteiger charge is -2.20. The standard InChI is InChI=1S/C12H19N3O2/c1-4-8(2)15-11(12(13)16)9-5-6-10(17-3)14-7-9/h5-8,11,15H,4H2,1-3H3,(H2,13,16). The van der Waals surface area contributed by atoms with Crippen molar-refractivity contribution in [1.29, 1.82) is 0 Å². The summed E-state index contributed by atoms with van der Waals surface area (Å²) >= 11 is 0. The van der Waals surface area contributed by atoms with Crippen molar-refractivity contribution < 1.29 is 9.53 Å². The second-order valence-corrected chi connectivity index (χ2v) is 3.95. The summed E-state index contributed by atoms with van der Waals surface area (Å²) in [6.45, 7) is 4.05. The van der Waals surface area contributed by atoms with Gasteiger partial charge in [-0.25, -0.2) is 4.98 Å².